The summed E-state index contributed by atoms with van der Waals surface area (Å²) in [7, 11) is -4.35. The highest BCUT2D eigenvalue weighted by molar-refractivity contribution is 7.86. The fourth-order valence-corrected chi connectivity index (χ4v) is 2.21. The van der Waals surface area contributed by atoms with E-state index in [1.165, 1.54) is 18.2 Å². The summed E-state index contributed by atoms with van der Waals surface area (Å²) in [6, 6.07) is 5.83. The summed E-state index contributed by atoms with van der Waals surface area (Å²) in [5.74, 6) is 0. The van der Waals surface area contributed by atoms with Crippen molar-refractivity contribution >= 4 is 15.8 Å². The molecule has 0 fully saturated rings. The van der Waals surface area contributed by atoms with Gasteiger partial charge >= 0.3 is 0 Å². The van der Waals surface area contributed by atoms with Gasteiger partial charge < -0.3 is 5.21 Å². The molecule has 0 aliphatic carbocycles. The number of benzene rings is 1. The van der Waals surface area contributed by atoms with Crippen molar-refractivity contribution in [3.63, 3.8) is 0 Å². The van der Waals surface area contributed by atoms with Crippen molar-refractivity contribution in [2.45, 2.75) is 25.7 Å². The summed E-state index contributed by atoms with van der Waals surface area (Å²) in [6.07, 6.45) is 0. The van der Waals surface area contributed by atoms with Gasteiger partial charge in [0.15, 0.2) is 5.71 Å². The highest BCUT2D eigenvalue weighted by Gasteiger charge is 2.30. The van der Waals surface area contributed by atoms with E-state index < -0.39 is 15.5 Å². The van der Waals surface area contributed by atoms with Crippen molar-refractivity contribution in [1.82, 2.24) is 0 Å². The fraction of sp³-hybridized carbons (Fsp3) is 0.364. The molecule has 0 amide bonds. The summed E-state index contributed by atoms with van der Waals surface area (Å²) in [5, 5.41) is 12.8. The zero-order valence-electron chi connectivity index (χ0n) is 9.89. The van der Waals surface area contributed by atoms with Gasteiger partial charge in [-0.15, -0.1) is 0 Å². The Hall–Kier alpha value is -1.40. The topological polar surface area (TPSA) is 91.4 Å². The Morgan fingerprint density at radius 3 is 2.24 bits per heavy atom. The third-order valence-electron chi connectivity index (χ3n) is 2.29. The maximum absolute atomic E-state index is 11.2. The lowest BCUT2D eigenvalue weighted by molar-refractivity contribution is -0.377. The first-order valence-corrected chi connectivity index (χ1v) is 6.44. The number of rotatable bonds is 2. The molecule has 1 rings (SSSR count). The fourth-order valence-electron chi connectivity index (χ4n) is 1.51. The van der Waals surface area contributed by atoms with E-state index >= 15 is 0 Å². The molecule has 2 N–H and O–H groups in total. The molecule has 0 bridgehead atoms. The standard InChI is InChI=1S/C11H15NO4S/c1-11(2,3)10(12-13)8-6-4-5-7-9(8)17(14,15)16/h4-7,12H,1-3H3,(H-,13,14,15,16). The van der Waals surface area contributed by atoms with Gasteiger partial charge in [-0.3, -0.25) is 4.55 Å². The summed E-state index contributed by atoms with van der Waals surface area (Å²) < 4.78 is 31.5. The highest BCUT2D eigenvalue weighted by Crippen LogP contribution is 2.23. The smallest absolute Gasteiger partial charge is 0.295 e. The van der Waals surface area contributed by atoms with Crippen LogP contribution in [0, 0.1) is 10.6 Å². The quantitative estimate of drug-likeness (QED) is 0.346. The lowest BCUT2D eigenvalue weighted by atomic mass is 9.86. The van der Waals surface area contributed by atoms with Crippen LogP contribution in [0.4, 0.5) is 0 Å². The molecule has 5 nitrogen and oxygen atoms in total. The van der Waals surface area contributed by atoms with Crippen LogP contribution in [0.25, 0.3) is 0 Å². The Kier molecular flexibility index (Phi) is 3.59. The van der Waals surface area contributed by atoms with Gasteiger partial charge in [0, 0.05) is 5.41 Å². The molecule has 6 heteroatoms. The van der Waals surface area contributed by atoms with E-state index in [1.807, 2.05) is 0 Å². The second-order valence-corrected chi connectivity index (χ2v) is 6.09. The van der Waals surface area contributed by atoms with Gasteiger partial charge in [-0.1, -0.05) is 32.9 Å². The van der Waals surface area contributed by atoms with Crippen LogP contribution in [0.5, 0.6) is 0 Å². The average molecular weight is 257 g/mol. The van der Waals surface area contributed by atoms with E-state index in [-0.39, 0.29) is 16.2 Å². The third kappa shape index (κ3) is 3.04. The lowest BCUT2D eigenvalue weighted by Gasteiger charge is -2.18. The maximum Gasteiger partial charge on any atom is 0.295 e. The van der Waals surface area contributed by atoms with Crippen LogP contribution in [-0.2, 0) is 10.1 Å². The minimum Gasteiger partial charge on any atom is -0.625 e. The van der Waals surface area contributed by atoms with E-state index in [1.54, 1.807) is 32.0 Å². The Morgan fingerprint density at radius 1 is 1.29 bits per heavy atom. The van der Waals surface area contributed by atoms with Gasteiger partial charge in [-0.05, 0) is 12.1 Å². The summed E-state index contributed by atoms with van der Waals surface area (Å²) >= 11 is 0. The van der Waals surface area contributed by atoms with Crippen LogP contribution in [0.3, 0.4) is 0 Å². The van der Waals surface area contributed by atoms with E-state index in [2.05, 4.69) is 0 Å². The van der Waals surface area contributed by atoms with Crippen molar-refractivity contribution in [2.75, 3.05) is 0 Å². The number of hydrogen-bond acceptors (Lipinski definition) is 3. The Bertz CT molecular complexity index is 541. The lowest BCUT2D eigenvalue weighted by Crippen LogP contribution is -2.69. The molecule has 0 atom stereocenters. The van der Waals surface area contributed by atoms with Crippen molar-refractivity contribution in [2.24, 2.45) is 5.41 Å². The molecule has 0 saturated heterocycles. The predicted molar refractivity (Wildman–Crippen MR) is 64.2 cm³/mol. The molecular weight excluding hydrogens is 242 g/mol. The minimum atomic E-state index is -4.35. The highest BCUT2D eigenvalue weighted by atomic mass is 32.2. The third-order valence-corrected chi connectivity index (χ3v) is 3.20. The number of hydrogen-bond donors (Lipinski definition) is 2. The number of nitrogens with one attached hydrogen (secondary N) is 1. The minimum absolute atomic E-state index is 0.192. The van der Waals surface area contributed by atoms with Gasteiger partial charge in [0.2, 0.25) is 0 Å². The second kappa shape index (κ2) is 4.46. The summed E-state index contributed by atoms with van der Waals surface area (Å²) in [6.45, 7) is 5.32. The van der Waals surface area contributed by atoms with Crippen LogP contribution < -0.4 is 5.16 Å². The maximum atomic E-state index is 11.2. The summed E-state index contributed by atoms with van der Waals surface area (Å²) in [4.78, 5) is -0.270. The predicted octanol–water partition coefficient (Wildman–Crippen LogP) is 0.347. The van der Waals surface area contributed by atoms with Crippen LogP contribution in [0.2, 0.25) is 0 Å². The monoisotopic (exact) mass is 257 g/mol. The zero-order valence-corrected chi connectivity index (χ0v) is 10.7. The Labute approximate surface area is 101 Å². The molecule has 1 aromatic rings. The molecule has 17 heavy (non-hydrogen) atoms. The zero-order chi connectivity index (χ0) is 13.3. The van der Waals surface area contributed by atoms with Gasteiger partial charge in [0.1, 0.15) is 4.90 Å². The van der Waals surface area contributed by atoms with E-state index in [0.29, 0.717) is 0 Å². The molecule has 0 aliphatic rings. The molecule has 0 aromatic heterocycles. The average Bonchev–Trinajstić information content (AvgIpc) is 2.15. The van der Waals surface area contributed by atoms with E-state index in [4.69, 9.17) is 4.55 Å². The first-order chi connectivity index (χ1) is 7.68. The second-order valence-electron chi connectivity index (χ2n) is 4.70. The van der Waals surface area contributed by atoms with Gasteiger partial charge in [0.25, 0.3) is 10.1 Å². The molecule has 0 aliphatic heterocycles. The molecular formula is C11H15NO4S. The van der Waals surface area contributed by atoms with Gasteiger partial charge in [0.05, 0.1) is 5.56 Å². The van der Waals surface area contributed by atoms with E-state index in [0.717, 1.165) is 0 Å². The molecule has 0 spiro atoms. The first-order valence-electron chi connectivity index (χ1n) is 5.00. The van der Waals surface area contributed by atoms with Crippen molar-refractivity contribution in [3.05, 3.63) is 35.0 Å². The van der Waals surface area contributed by atoms with Crippen molar-refractivity contribution in [3.8, 4) is 0 Å². The van der Waals surface area contributed by atoms with E-state index in [9.17, 15) is 13.6 Å². The Morgan fingerprint density at radius 2 is 1.82 bits per heavy atom. The SMILES string of the molecule is CC(C)(C)C(=[NH+][O-])c1ccccc1S(=O)(=O)O. The van der Waals surface area contributed by atoms with Crippen molar-refractivity contribution in [1.29, 1.82) is 0 Å². The van der Waals surface area contributed by atoms with Crippen molar-refractivity contribution < 1.29 is 18.1 Å². The molecule has 94 valence electrons. The van der Waals surface area contributed by atoms with Crippen LogP contribution in [0.15, 0.2) is 29.2 Å². The normalized spacial score (nSPS) is 13.8. The van der Waals surface area contributed by atoms with Crippen LogP contribution in [0.1, 0.15) is 26.3 Å². The molecule has 0 saturated carbocycles. The summed E-state index contributed by atoms with van der Waals surface area (Å²) in [5.41, 5.74) is -0.147. The molecule has 0 unspecified atom stereocenters. The Balaban J connectivity index is 3.53. The van der Waals surface area contributed by atoms with Gasteiger partial charge in [-0.2, -0.15) is 8.42 Å². The molecule has 0 radical (unpaired) electrons. The first kappa shape index (κ1) is 13.7. The molecule has 1 aromatic carbocycles. The van der Waals surface area contributed by atoms with Crippen LogP contribution >= 0.6 is 0 Å². The van der Waals surface area contributed by atoms with Crippen LogP contribution in [-0.4, -0.2) is 18.7 Å². The largest absolute Gasteiger partial charge is 0.625 e. The molecule has 0 heterocycles. The van der Waals surface area contributed by atoms with Gasteiger partial charge in [-0.25, -0.2) is 5.16 Å².